The van der Waals surface area contributed by atoms with Crippen LogP contribution in [0.5, 0.6) is 17.2 Å². The minimum Gasteiger partial charge on any atom is -0.496 e. The van der Waals surface area contributed by atoms with Crippen molar-refractivity contribution in [3.8, 4) is 17.2 Å². The predicted octanol–water partition coefficient (Wildman–Crippen LogP) is 3.84. The van der Waals surface area contributed by atoms with Crippen LogP contribution >= 0.6 is 11.6 Å². The molecule has 2 aromatic rings. The number of nitrogens with one attached hydrogen (secondary N) is 1. The number of carbonyl (C=O) groups is 1. The van der Waals surface area contributed by atoms with Gasteiger partial charge in [0.15, 0.2) is 11.5 Å². The van der Waals surface area contributed by atoms with Crippen LogP contribution in [0, 0.1) is 0 Å². The van der Waals surface area contributed by atoms with Crippen LogP contribution in [0.3, 0.4) is 0 Å². The van der Waals surface area contributed by atoms with Crippen molar-refractivity contribution < 1.29 is 19.0 Å². The van der Waals surface area contributed by atoms with Crippen LogP contribution in [-0.2, 0) is 11.3 Å². The van der Waals surface area contributed by atoms with Crippen molar-refractivity contribution in [2.75, 3.05) is 20.3 Å². The zero-order valence-electron chi connectivity index (χ0n) is 14.5. The van der Waals surface area contributed by atoms with E-state index in [1.807, 2.05) is 30.3 Å². The Morgan fingerprint density at radius 2 is 2.08 bits per heavy atom. The molecule has 0 aromatic heterocycles. The van der Waals surface area contributed by atoms with Crippen LogP contribution < -0.4 is 19.5 Å². The van der Waals surface area contributed by atoms with E-state index >= 15 is 0 Å². The van der Waals surface area contributed by atoms with Gasteiger partial charge in [-0.3, -0.25) is 4.79 Å². The molecule has 1 aliphatic rings. The molecule has 136 valence electrons. The van der Waals surface area contributed by atoms with Gasteiger partial charge in [-0.25, -0.2) is 0 Å². The van der Waals surface area contributed by atoms with E-state index in [0.717, 1.165) is 23.3 Å². The summed E-state index contributed by atoms with van der Waals surface area (Å²) in [4.78, 5) is 12.1. The molecule has 6 heteroatoms. The van der Waals surface area contributed by atoms with Gasteiger partial charge < -0.3 is 19.5 Å². The molecule has 0 fully saturated rings. The Balaban J connectivity index is 1.65. The van der Waals surface area contributed by atoms with E-state index in [4.69, 9.17) is 25.8 Å². The summed E-state index contributed by atoms with van der Waals surface area (Å²) in [6.45, 7) is 1.54. The van der Waals surface area contributed by atoms with Crippen molar-refractivity contribution in [1.29, 1.82) is 0 Å². The molecular formula is C20H20ClNO4. The van der Waals surface area contributed by atoms with Crippen LogP contribution in [0.4, 0.5) is 0 Å². The standard InChI is InChI=1S/C20H20ClNO4/c1-24-17-6-3-2-5-15(17)13-22-19(23)8-7-14-11-16(21)20-18(12-14)25-9-4-10-26-20/h2-3,5-8,11-12H,4,9-10,13H2,1H3,(H,22,23)/b8-7+. The number of methoxy groups -OCH3 is 1. The van der Waals surface area contributed by atoms with E-state index in [9.17, 15) is 4.79 Å². The number of amides is 1. The van der Waals surface area contributed by atoms with Crippen molar-refractivity contribution in [2.24, 2.45) is 0 Å². The minimum atomic E-state index is -0.209. The van der Waals surface area contributed by atoms with Crippen LogP contribution in [0.15, 0.2) is 42.5 Å². The van der Waals surface area contributed by atoms with Gasteiger partial charge in [0.05, 0.1) is 25.3 Å². The third kappa shape index (κ3) is 4.49. The van der Waals surface area contributed by atoms with E-state index < -0.39 is 0 Å². The lowest BCUT2D eigenvalue weighted by Crippen LogP contribution is -2.20. The highest BCUT2D eigenvalue weighted by molar-refractivity contribution is 6.32. The Labute approximate surface area is 157 Å². The molecule has 0 bridgehead atoms. The number of halogens is 1. The molecule has 3 rings (SSSR count). The Hall–Kier alpha value is -2.66. The van der Waals surface area contributed by atoms with Crippen molar-refractivity contribution in [3.63, 3.8) is 0 Å². The topological polar surface area (TPSA) is 56.8 Å². The van der Waals surface area contributed by atoms with E-state index in [1.165, 1.54) is 6.08 Å². The Morgan fingerprint density at radius 3 is 2.92 bits per heavy atom. The number of benzene rings is 2. The number of ether oxygens (including phenoxy) is 3. The van der Waals surface area contributed by atoms with Crippen molar-refractivity contribution in [3.05, 3.63) is 58.6 Å². The summed E-state index contributed by atoms with van der Waals surface area (Å²) in [5.41, 5.74) is 1.68. The number of para-hydroxylation sites is 1. The molecule has 0 saturated carbocycles. The number of carbonyl (C=O) groups excluding carboxylic acids is 1. The van der Waals surface area contributed by atoms with Gasteiger partial charge in [0.1, 0.15) is 5.75 Å². The summed E-state index contributed by atoms with van der Waals surface area (Å²) >= 11 is 6.26. The van der Waals surface area contributed by atoms with E-state index in [0.29, 0.717) is 36.3 Å². The Kier molecular flexibility index (Phi) is 6.02. The van der Waals surface area contributed by atoms with Crippen LogP contribution in [0.1, 0.15) is 17.5 Å². The predicted molar refractivity (Wildman–Crippen MR) is 101 cm³/mol. The van der Waals surface area contributed by atoms with Gasteiger partial charge in [0, 0.05) is 24.6 Å². The van der Waals surface area contributed by atoms with Crippen molar-refractivity contribution >= 4 is 23.6 Å². The lowest BCUT2D eigenvalue weighted by molar-refractivity contribution is -0.116. The third-order valence-electron chi connectivity index (χ3n) is 3.90. The smallest absolute Gasteiger partial charge is 0.244 e. The molecular weight excluding hydrogens is 354 g/mol. The van der Waals surface area contributed by atoms with Crippen molar-refractivity contribution in [2.45, 2.75) is 13.0 Å². The molecule has 2 aromatic carbocycles. The quantitative estimate of drug-likeness (QED) is 0.809. The molecule has 0 atom stereocenters. The maximum Gasteiger partial charge on any atom is 0.244 e. The number of fused-ring (bicyclic) bond motifs is 1. The minimum absolute atomic E-state index is 0.209. The number of hydrogen-bond acceptors (Lipinski definition) is 4. The molecule has 26 heavy (non-hydrogen) atoms. The first kappa shape index (κ1) is 18.1. The van der Waals surface area contributed by atoms with E-state index in [2.05, 4.69) is 5.32 Å². The molecule has 0 aliphatic carbocycles. The fraction of sp³-hybridized carbons (Fsp3) is 0.250. The molecule has 1 N–H and O–H groups in total. The number of rotatable bonds is 5. The van der Waals surface area contributed by atoms with Gasteiger partial charge in [-0.15, -0.1) is 0 Å². The SMILES string of the molecule is COc1ccccc1CNC(=O)/C=C/c1cc(Cl)c2c(c1)OCCCO2. The largest absolute Gasteiger partial charge is 0.496 e. The Morgan fingerprint density at radius 1 is 1.27 bits per heavy atom. The molecule has 0 saturated heterocycles. The highest BCUT2D eigenvalue weighted by atomic mass is 35.5. The fourth-order valence-corrected chi connectivity index (χ4v) is 2.88. The molecule has 0 spiro atoms. The molecule has 1 heterocycles. The first-order chi connectivity index (χ1) is 12.7. The van der Waals surface area contributed by atoms with Crippen molar-refractivity contribution in [1.82, 2.24) is 5.32 Å². The van der Waals surface area contributed by atoms with Crippen LogP contribution in [-0.4, -0.2) is 26.2 Å². The average Bonchev–Trinajstić information content (AvgIpc) is 2.91. The molecule has 1 aliphatic heterocycles. The molecule has 0 radical (unpaired) electrons. The van der Waals surface area contributed by atoms with Gasteiger partial charge in [-0.2, -0.15) is 0 Å². The van der Waals surface area contributed by atoms with Gasteiger partial charge in [-0.1, -0.05) is 29.8 Å². The maximum atomic E-state index is 12.1. The number of hydrogen-bond donors (Lipinski definition) is 1. The lowest BCUT2D eigenvalue weighted by atomic mass is 10.1. The van der Waals surface area contributed by atoms with Gasteiger partial charge in [0.2, 0.25) is 5.91 Å². The fourth-order valence-electron chi connectivity index (χ4n) is 2.61. The van der Waals surface area contributed by atoms with Gasteiger partial charge in [-0.05, 0) is 29.8 Å². The summed E-state index contributed by atoms with van der Waals surface area (Å²) in [7, 11) is 1.61. The zero-order chi connectivity index (χ0) is 18.4. The van der Waals surface area contributed by atoms with E-state index in [1.54, 1.807) is 19.3 Å². The van der Waals surface area contributed by atoms with Gasteiger partial charge in [0.25, 0.3) is 0 Å². The van der Waals surface area contributed by atoms with Crippen LogP contribution in [0.2, 0.25) is 5.02 Å². The second-order valence-electron chi connectivity index (χ2n) is 5.74. The summed E-state index contributed by atoms with van der Waals surface area (Å²) in [6.07, 6.45) is 3.96. The summed E-state index contributed by atoms with van der Waals surface area (Å²) in [5.74, 6) is 1.69. The first-order valence-electron chi connectivity index (χ1n) is 8.34. The summed E-state index contributed by atoms with van der Waals surface area (Å²) in [6, 6.07) is 11.1. The normalized spacial score (nSPS) is 13.3. The highest BCUT2D eigenvalue weighted by Crippen LogP contribution is 2.38. The second kappa shape index (κ2) is 8.63. The maximum absolute atomic E-state index is 12.1. The summed E-state index contributed by atoms with van der Waals surface area (Å²) in [5, 5.41) is 3.31. The second-order valence-corrected chi connectivity index (χ2v) is 6.15. The molecule has 1 amide bonds. The third-order valence-corrected chi connectivity index (χ3v) is 4.18. The first-order valence-corrected chi connectivity index (χ1v) is 8.72. The summed E-state index contributed by atoms with van der Waals surface area (Å²) < 4.78 is 16.5. The monoisotopic (exact) mass is 373 g/mol. The zero-order valence-corrected chi connectivity index (χ0v) is 15.2. The van der Waals surface area contributed by atoms with Gasteiger partial charge >= 0.3 is 0 Å². The Bertz CT molecular complexity index is 819. The average molecular weight is 374 g/mol. The van der Waals surface area contributed by atoms with E-state index in [-0.39, 0.29) is 5.91 Å². The lowest BCUT2D eigenvalue weighted by Gasteiger charge is -2.10. The highest BCUT2D eigenvalue weighted by Gasteiger charge is 2.15. The molecule has 0 unspecified atom stereocenters. The molecule has 5 nitrogen and oxygen atoms in total. The van der Waals surface area contributed by atoms with Crippen LogP contribution in [0.25, 0.3) is 6.08 Å².